The first kappa shape index (κ1) is 18.9. The number of hydrogen-bond acceptors (Lipinski definition) is 4. The largest absolute Gasteiger partial charge is 0.369 e. The van der Waals surface area contributed by atoms with E-state index in [-0.39, 0.29) is 5.91 Å². The minimum Gasteiger partial charge on any atom is -0.369 e. The number of nitrogens with zero attached hydrogens (tertiary/aromatic N) is 4. The Balaban J connectivity index is 1.86. The number of amides is 1. The highest BCUT2D eigenvalue weighted by atomic mass is 16.2. The lowest BCUT2D eigenvalue weighted by atomic mass is 10.1. The first-order chi connectivity index (χ1) is 13.1. The molecule has 2 heterocycles. The highest BCUT2D eigenvalue weighted by molar-refractivity contribution is 5.96. The Morgan fingerprint density at radius 2 is 1.85 bits per heavy atom. The Morgan fingerprint density at radius 1 is 1.15 bits per heavy atom. The third kappa shape index (κ3) is 3.94. The fraction of sp³-hybridized carbons (Fsp3) is 0.381. The van der Waals surface area contributed by atoms with E-state index < -0.39 is 0 Å². The Bertz CT molecular complexity index is 930. The molecule has 0 spiro atoms. The number of imidazole rings is 1. The molecule has 0 atom stereocenters. The van der Waals surface area contributed by atoms with E-state index in [2.05, 4.69) is 48.1 Å². The van der Waals surface area contributed by atoms with Crippen molar-refractivity contribution in [3.05, 3.63) is 53.2 Å². The molecule has 1 amide bonds. The number of anilines is 1. The van der Waals surface area contributed by atoms with Crippen LogP contribution in [0.1, 0.15) is 48.7 Å². The van der Waals surface area contributed by atoms with Gasteiger partial charge in [-0.2, -0.15) is 0 Å². The molecule has 0 aliphatic rings. The van der Waals surface area contributed by atoms with E-state index in [1.54, 1.807) is 12.3 Å². The molecule has 6 nitrogen and oxygen atoms in total. The summed E-state index contributed by atoms with van der Waals surface area (Å²) in [5, 5.41) is 0. The van der Waals surface area contributed by atoms with Crippen molar-refractivity contribution in [2.24, 2.45) is 0 Å². The number of fused-ring (bicyclic) bond motifs is 1. The zero-order valence-electron chi connectivity index (χ0n) is 16.3. The number of aromatic nitrogens is 3. The summed E-state index contributed by atoms with van der Waals surface area (Å²) < 4.78 is 1.84. The third-order valence-corrected chi connectivity index (χ3v) is 4.76. The molecular formula is C21H27N5O. The van der Waals surface area contributed by atoms with Crippen LogP contribution in [0.2, 0.25) is 0 Å². The molecule has 1 aromatic carbocycles. The summed E-state index contributed by atoms with van der Waals surface area (Å²) in [6.45, 7) is 8.17. The number of rotatable bonds is 7. The maximum Gasteiger partial charge on any atom is 0.255 e. The standard InChI is InChI=1S/C21H27N5O/c1-4-11-25(14-16-9-7-15(5-2)8-10-16)20(27)17-12-18-19(23-13-17)26(6-3)21(22)24-18/h7-10,12-13H,4-6,11,14H2,1-3H3,(H2,22,24). The number of carbonyl (C=O) groups is 1. The number of carbonyl (C=O) groups excluding carboxylic acids is 1. The molecule has 0 saturated heterocycles. The van der Waals surface area contributed by atoms with E-state index in [1.807, 2.05) is 16.4 Å². The number of nitrogen functional groups attached to an aromatic ring is 1. The molecule has 0 saturated carbocycles. The van der Waals surface area contributed by atoms with Gasteiger partial charge in [-0.3, -0.25) is 9.36 Å². The summed E-state index contributed by atoms with van der Waals surface area (Å²) in [6.07, 6.45) is 3.53. The van der Waals surface area contributed by atoms with Crippen LogP contribution >= 0.6 is 0 Å². The number of pyridine rings is 1. The second-order valence-corrected chi connectivity index (χ2v) is 6.68. The van der Waals surface area contributed by atoms with Gasteiger partial charge in [0.15, 0.2) is 5.65 Å². The van der Waals surface area contributed by atoms with Crippen molar-refractivity contribution in [3.8, 4) is 0 Å². The summed E-state index contributed by atoms with van der Waals surface area (Å²) in [5.74, 6) is 0.390. The van der Waals surface area contributed by atoms with E-state index in [0.29, 0.717) is 42.3 Å². The van der Waals surface area contributed by atoms with Crippen molar-refractivity contribution >= 4 is 23.0 Å². The molecule has 3 rings (SSSR count). The van der Waals surface area contributed by atoms with Crippen molar-refractivity contribution in [2.75, 3.05) is 12.3 Å². The Morgan fingerprint density at radius 3 is 2.48 bits per heavy atom. The summed E-state index contributed by atoms with van der Waals surface area (Å²) >= 11 is 0. The summed E-state index contributed by atoms with van der Waals surface area (Å²) in [6, 6.07) is 10.2. The van der Waals surface area contributed by atoms with Crippen LogP contribution in [0.5, 0.6) is 0 Å². The fourth-order valence-electron chi connectivity index (χ4n) is 3.26. The smallest absolute Gasteiger partial charge is 0.255 e. The molecule has 2 N–H and O–H groups in total. The maximum atomic E-state index is 13.1. The van der Waals surface area contributed by atoms with Gasteiger partial charge in [-0.15, -0.1) is 0 Å². The molecule has 0 aliphatic carbocycles. The van der Waals surface area contributed by atoms with Gasteiger partial charge in [0, 0.05) is 25.8 Å². The predicted octanol–water partition coefficient (Wildman–Crippen LogP) is 3.65. The lowest BCUT2D eigenvalue weighted by Gasteiger charge is -2.22. The average Bonchev–Trinajstić information content (AvgIpc) is 3.01. The lowest BCUT2D eigenvalue weighted by Crippen LogP contribution is -2.31. The second-order valence-electron chi connectivity index (χ2n) is 6.68. The van der Waals surface area contributed by atoms with Crippen LogP contribution in [-0.4, -0.2) is 31.9 Å². The van der Waals surface area contributed by atoms with Crippen LogP contribution in [0, 0.1) is 0 Å². The Labute approximate surface area is 160 Å². The van der Waals surface area contributed by atoms with Gasteiger partial charge < -0.3 is 10.6 Å². The molecule has 0 radical (unpaired) electrons. The van der Waals surface area contributed by atoms with E-state index in [9.17, 15) is 4.79 Å². The number of aryl methyl sites for hydroxylation is 2. The van der Waals surface area contributed by atoms with E-state index >= 15 is 0 Å². The highest BCUT2D eigenvalue weighted by Crippen LogP contribution is 2.19. The third-order valence-electron chi connectivity index (χ3n) is 4.76. The molecule has 0 unspecified atom stereocenters. The van der Waals surface area contributed by atoms with Crippen LogP contribution in [0.3, 0.4) is 0 Å². The predicted molar refractivity (Wildman–Crippen MR) is 108 cm³/mol. The van der Waals surface area contributed by atoms with Gasteiger partial charge in [0.2, 0.25) is 5.95 Å². The fourth-order valence-corrected chi connectivity index (χ4v) is 3.26. The summed E-state index contributed by atoms with van der Waals surface area (Å²) in [4.78, 5) is 23.7. The number of nitrogens with two attached hydrogens (primary N) is 1. The van der Waals surface area contributed by atoms with Gasteiger partial charge in [0.25, 0.3) is 5.91 Å². The number of benzene rings is 1. The van der Waals surface area contributed by atoms with E-state index in [0.717, 1.165) is 18.4 Å². The van der Waals surface area contributed by atoms with Gasteiger partial charge >= 0.3 is 0 Å². The van der Waals surface area contributed by atoms with Crippen molar-refractivity contribution in [1.29, 1.82) is 0 Å². The molecule has 0 fully saturated rings. The number of hydrogen-bond donors (Lipinski definition) is 1. The van der Waals surface area contributed by atoms with Crippen LogP contribution < -0.4 is 5.73 Å². The molecule has 0 aliphatic heterocycles. The summed E-state index contributed by atoms with van der Waals surface area (Å²) in [7, 11) is 0. The minimum atomic E-state index is -0.0320. The second kappa shape index (κ2) is 8.20. The van der Waals surface area contributed by atoms with Crippen molar-refractivity contribution in [3.63, 3.8) is 0 Å². The summed E-state index contributed by atoms with van der Waals surface area (Å²) in [5.41, 5.74) is 10.3. The Kier molecular flexibility index (Phi) is 5.74. The highest BCUT2D eigenvalue weighted by Gasteiger charge is 2.18. The van der Waals surface area contributed by atoms with Gasteiger partial charge in [-0.1, -0.05) is 38.1 Å². The SMILES string of the molecule is CCCN(Cc1ccc(CC)cc1)C(=O)c1cnc2c(c1)nc(N)n2CC. The molecule has 2 aromatic heterocycles. The van der Waals surface area contributed by atoms with Crippen LogP contribution in [0.25, 0.3) is 11.2 Å². The molecule has 0 bridgehead atoms. The zero-order valence-corrected chi connectivity index (χ0v) is 16.3. The van der Waals surface area contributed by atoms with Gasteiger partial charge in [0.1, 0.15) is 5.52 Å². The molecule has 3 aromatic rings. The van der Waals surface area contributed by atoms with Gasteiger partial charge in [-0.25, -0.2) is 9.97 Å². The minimum absolute atomic E-state index is 0.0320. The zero-order chi connectivity index (χ0) is 19.4. The van der Waals surface area contributed by atoms with Crippen LogP contribution in [0.4, 0.5) is 5.95 Å². The average molecular weight is 365 g/mol. The topological polar surface area (TPSA) is 77.0 Å². The molecule has 27 heavy (non-hydrogen) atoms. The lowest BCUT2D eigenvalue weighted by molar-refractivity contribution is 0.0743. The van der Waals surface area contributed by atoms with Gasteiger partial charge in [0.05, 0.1) is 5.56 Å². The first-order valence-electron chi connectivity index (χ1n) is 9.56. The first-order valence-corrected chi connectivity index (χ1v) is 9.56. The quantitative estimate of drug-likeness (QED) is 0.693. The Hall–Kier alpha value is -2.89. The van der Waals surface area contributed by atoms with Gasteiger partial charge in [-0.05, 0) is 37.0 Å². The van der Waals surface area contributed by atoms with E-state index in [4.69, 9.17) is 5.73 Å². The molecule has 6 heteroatoms. The van der Waals surface area contributed by atoms with E-state index in [1.165, 1.54) is 5.56 Å². The normalized spacial score (nSPS) is 11.1. The van der Waals surface area contributed by atoms with Crippen molar-refractivity contribution in [2.45, 2.75) is 46.7 Å². The van der Waals surface area contributed by atoms with Crippen LogP contribution in [-0.2, 0) is 19.5 Å². The monoisotopic (exact) mass is 365 g/mol. The van der Waals surface area contributed by atoms with Crippen molar-refractivity contribution in [1.82, 2.24) is 19.4 Å². The maximum absolute atomic E-state index is 13.1. The van der Waals surface area contributed by atoms with Crippen molar-refractivity contribution < 1.29 is 4.79 Å². The van der Waals surface area contributed by atoms with Crippen LogP contribution in [0.15, 0.2) is 36.5 Å². The molecule has 142 valence electrons. The molecular weight excluding hydrogens is 338 g/mol.